The Kier molecular flexibility index (Phi) is 7.42. The monoisotopic (exact) mass is 453 g/mol. The molecule has 0 N–H and O–H groups in total. The normalized spacial score (nSPS) is 20.4. The molecule has 1 aromatic carbocycles. The molecule has 2 aliphatic rings. The molecule has 31 heavy (non-hydrogen) atoms. The molecule has 0 unspecified atom stereocenters. The summed E-state index contributed by atoms with van der Waals surface area (Å²) in [6, 6.07) is 4.80. The van der Waals surface area contributed by atoms with Crippen LogP contribution in [0.25, 0.3) is 0 Å². The van der Waals surface area contributed by atoms with E-state index in [1.165, 1.54) is 4.31 Å². The minimum Gasteiger partial charge on any atom is -0.496 e. The fraction of sp³-hybridized carbons (Fsp3) is 0.619. The molecule has 2 heterocycles. The van der Waals surface area contributed by atoms with Crippen LogP contribution in [0.1, 0.15) is 25.3 Å². The molecule has 10 heteroatoms. The molecule has 2 amide bonds. The molecule has 2 fully saturated rings. The number of methoxy groups -OCH3 is 1. The third-order valence-electron chi connectivity index (χ3n) is 5.85. The molecular formula is C21H31N3O6S. The molecule has 0 aromatic heterocycles. The summed E-state index contributed by atoms with van der Waals surface area (Å²) in [5, 5.41) is 0. The molecule has 1 aromatic rings. The lowest BCUT2D eigenvalue weighted by Crippen LogP contribution is -2.54. The number of hydrogen-bond acceptors (Lipinski definition) is 6. The first kappa shape index (κ1) is 23.3. The first-order valence-electron chi connectivity index (χ1n) is 10.6. The second-order valence-corrected chi connectivity index (χ2v) is 9.78. The van der Waals surface area contributed by atoms with Crippen molar-refractivity contribution in [2.75, 3.05) is 53.0 Å². The van der Waals surface area contributed by atoms with Crippen molar-refractivity contribution in [3.63, 3.8) is 0 Å². The molecule has 0 aliphatic carbocycles. The van der Waals surface area contributed by atoms with Crippen LogP contribution >= 0.6 is 0 Å². The van der Waals surface area contributed by atoms with Crippen LogP contribution in [0.15, 0.2) is 23.1 Å². The maximum atomic E-state index is 13.2. The van der Waals surface area contributed by atoms with E-state index >= 15 is 0 Å². The molecule has 0 bridgehead atoms. The van der Waals surface area contributed by atoms with E-state index in [1.807, 2.05) is 0 Å². The molecule has 0 spiro atoms. The number of amides is 2. The number of ether oxygens (including phenoxy) is 2. The van der Waals surface area contributed by atoms with Crippen molar-refractivity contribution in [3.8, 4) is 5.75 Å². The number of nitrogens with zero attached hydrogens (tertiary/aromatic N) is 3. The number of rotatable bonds is 5. The second-order valence-electron chi connectivity index (χ2n) is 7.84. The molecule has 0 saturated carbocycles. The highest BCUT2D eigenvalue weighted by Crippen LogP contribution is 2.28. The van der Waals surface area contributed by atoms with Gasteiger partial charge in [0.15, 0.2) is 0 Å². The minimum atomic E-state index is -3.70. The lowest BCUT2D eigenvalue weighted by molar-refractivity contribution is -0.138. The zero-order valence-corrected chi connectivity index (χ0v) is 19.2. The van der Waals surface area contributed by atoms with Gasteiger partial charge in [-0.1, -0.05) is 0 Å². The third-order valence-corrected chi connectivity index (χ3v) is 7.72. The van der Waals surface area contributed by atoms with Crippen molar-refractivity contribution >= 4 is 22.0 Å². The van der Waals surface area contributed by atoms with Crippen LogP contribution < -0.4 is 4.74 Å². The average molecular weight is 454 g/mol. The van der Waals surface area contributed by atoms with Crippen LogP contribution in [0.2, 0.25) is 0 Å². The van der Waals surface area contributed by atoms with Gasteiger partial charge in [-0.05, 0) is 50.5 Å². The highest BCUT2D eigenvalue weighted by molar-refractivity contribution is 7.89. The number of carbonyl (C=O) groups excluding carboxylic acids is 2. The second kappa shape index (κ2) is 9.86. The largest absolute Gasteiger partial charge is 0.496 e. The summed E-state index contributed by atoms with van der Waals surface area (Å²) in [6.45, 7) is 6.15. The Morgan fingerprint density at radius 2 is 1.77 bits per heavy atom. The Bertz CT molecular complexity index is 912. The van der Waals surface area contributed by atoms with Gasteiger partial charge in [-0.3, -0.25) is 4.79 Å². The van der Waals surface area contributed by atoms with Gasteiger partial charge in [0.25, 0.3) is 0 Å². The number of sulfonamides is 1. The molecule has 2 saturated heterocycles. The Labute approximate surface area is 183 Å². The van der Waals surface area contributed by atoms with Crippen LogP contribution in [0.5, 0.6) is 5.75 Å². The van der Waals surface area contributed by atoms with E-state index in [9.17, 15) is 18.0 Å². The molecule has 2 aliphatic heterocycles. The van der Waals surface area contributed by atoms with Gasteiger partial charge in [-0.25, -0.2) is 13.2 Å². The van der Waals surface area contributed by atoms with E-state index in [0.717, 1.165) is 5.56 Å². The van der Waals surface area contributed by atoms with Crippen molar-refractivity contribution in [1.82, 2.24) is 14.1 Å². The van der Waals surface area contributed by atoms with Crippen LogP contribution in [0.3, 0.4) is 0 Å². The van der Waals surface area contributed by atoms with E-state index < -0.39 is 10.0 Å². The molecule has 3 rings (SSSR count). The standard InChI is InChI=1S/C21H31N3O6S/c1-4-30-21(26)23-12-10-22(11-13-23)20(25)17-6-5-9-24(15-17)31(27,28)18-7-8-19(29-3)16(2)14-18/h7-8,14,17H,4-6,9-13,15H2,1-3H3/t17-/m1/s1. The molecule has 9 nitrogen and oxygen atoms in total. The molecule has 0 radical (unpaired) electrons. The van der Waals surface area contributed by atoms with Gasteiger partial charge in [0.2, 0.25) is 15.9 Å². The lowest BCUT2D eigenvalue weighted by Gasteiger charge is -2.38. The zero-order chi connectivity index (χ0) is 22.6. The molecule has 1 atom stereocenters. The van der Waals surface area contributed by atoms with Crippen molar-refractivity contribution < 1.29 is 27.5 Å². The highest BCUT2D eigenvalue weighted by Gasteiger charge is 2.36. The lowest BCUT2D eigenvalue weighted by atomic mass is 9.98. The maximum Gasteiger partial charge on any atom is 0.409 e. The van der Waals surface area contributed by atoms with Crippen LogP contribution in [0, 0.1) is 12.8 Å². The van der Waals surface area contributed by atoms with Gasteiger partial charge in [0.1, 0.15) is 5.75 Å². The summed E-state index contributed by atoms with van der Waals surface area (Å²) in [5.74, 6) is 0.207. The topological polar surface area (TPSA) is 96.5 Å². The minimum absolute atomic E-state index is 0.0469. The molecule has 172 valence electrons. The fourth-order valence-corrected chi connectivity index (χ4v) is 5.71. The summed E-state index contributed by atoms with van der Waals surface area (Å²) in [6.07, 6.45) is 0.928. The van der Waals surface area contributed by atoms with Crippen molar-refractivity contribution in [1.29, 1.82) is 0 Å². The van der Waals surface area contributed by atoms with E-state index in [1.54, 1.807) is 49.0 Å². The first-order chi connectivity index (χ1) is 14.8. The van der Waals surface area contributed by atoms with Crippen molar-refractivity contribution in [2.45, 2.75) is 31.6 Å². The van der Waals surface area contributed by atoms with Gasteiger partial charge in [0.05, 0.1) is 24.5 Å². The Hall–Kier alpha value is -2.33. The van der Waals surface area contributed by atoms with Crippen molar-refractivity contribution in [3.05, 3.63) is 23.8 Å². The summed E-state index contributed by atoms with van der Waals surface area (Å²) < 4.78 is 38.0. The number of hydrogen-bond donors (Lipinski definition) is 0. The van der Waals surface area contributed by atoms with E-state index in [4.69, 9.17) is 9.47 Å². The number of piperazine rings is 1. The van der Waals surface area contributed by atoms with Gasteiger partial charge >= 0.3 is 6.09 Å². The SMILES string of the molecule is CCOC(=O)N1CCN(C(=O)[C@@H]2CCCN(S(=O)(=O)c3ccc(OC)c(C)c3)C2)CC1. The van der Waals surface area contributed by atoms with Crippen molar-refractivity contribution in [2.24, 2.45) is 5.92 Å². The zero-order valence-electron chi connectivity index (χ0n) is 18.4. The Morgan fingerprint density at radius 1 is 1.10 bits per heavy atom. The number of benzene rings is 1. The highest BCUT2D eigenvalue weighted by atomic mass is 32.2. The van der Waals surface area contributed by atoms with Gasteiger partial charge in [-0.2, -0.15) is 4.31 Å². The number of carbonyl (C=O) groups is 2. The molecular weight excluding hydrogens is 422 g/mol. The fourth-order valence-electron chi connectivity index (χ4n) is 4.11. The summed E-state index contributed by atoms with van der Waals surface area (Å²) >= 11 is 0. The van der Waals surface area contributed by atoms with Crippen LogP contribution in [-0.4, -0.2) is 87.5 Å². The van der Waals surface area contributed by atoms with Gasteiger partial charge in [0, 0.05) is 39.3 Å². The van der Waals surface area contributed by atoms with E-state index in [0.29, 0.717) is 57.9 Å². The smallest absolute Gasteiger partial charge is 0.409 e. The Morgan fingerprint density at radius 3 is 2.39 bits per heavy atom. The van der Waals surface area contributed by atoms with Crippen LogP contribution in [0.4, 0.5) is 4.79 Å². The van der Waals surface area contributed by atoms with E-state index in [-0.39, 0.29) is 29.4 Å². The van der Waals surface area contributed by atoms with Gasteiger partial charge in [-0.15, -0.1) is 0 Å². The van der Waals surface area contributed by atoms with Crippen LogP contribution in [-0.2, 0) is 19.6 Å². The number of piperidine rings is 1. The average Bonchev–Trinajstić information content (AvgIpc) is 2.79. The third kappa shape index (κ3) is 5.12. The summed E-state index contributed by atoms with van der Waals surface area (Å²) in [7, 11) is -2.15. The number of aryl methyl sites for hydroxylation is 1. The quantitative estimate of drug-likeness (QED) is 0.673. The summed E-state index contributed by atoms with van der Waals surface area (Å²) in [4.78, 5) is 28.4. The predicted molar refractivity (Wildman–Crippen MR) is 114 cm³/mol. The predicted octanol–water partition coefficient (Wildman–Crippen LogP) is 1.71. The maximum absolute atomic E-state index is 13.2. The summed E-state index contributed by atoms with van der Waals surface area (Å²) in [5.41, 5.74) is 0.743. The van der Waals surface area contributed by atoms with Gasteiger partial charge < -0.3 is 19.3 Å². The first-order valence-corrected chi connectivity index (χ1v) is 12.1. The Balaban J connectivity index is 1.64. The van der Waals surface area contributed by atoms with E-state index in [2.05, 4.69) is 0 Å².